The molecule has 2 rings (SSSR count). The second-order valence-corrected chi connectivity index (χ2v) is 4.77. The number of benzene rings is 2. The van der Waals surface area contributed by atoms with Gasteiger partial charge >= 0.3 is 0 Å². The van der Waals surface area contributed by atoms with Gasteiger partial charge in [0.1, 0.15) is 11.6 Å². The smallest absolute Gasteiger partial charge is 0.129 e. The van der Waals surface area contributed by atoms with Crippen molar-refractivity contribution in [3.8, 4) is 0 Å². The Bertz CT molecular complexity index is 578. The first-order valence-electron chi connectivity index (χ1n) is 5.92. The average molecular weight is 282 g/mol. The second kappa shape index (κ2) is 5.68. The lowest BCUT2D eigenvalue weighted by Crippen LogP contribution is -2.20. The number of hydrogen-bond acceptors (Lipinski definition) is 1. The molecule has 0 bridgehead atoms. The Morgan fingerprint density at radius 1 is 1.16 bits per heavy atom. The van der Waals surface area contributed by atoms with Crippen molar-refractivity contribution in [2.45, 2.75) is 13.0 Å². The summed E-state index contributed by atoms with van der Waals surface area (Å²) < 4.78 is 27.1. The predicted molar refractivity (Wildman–Crippen MR) is 73.4 cm³/mol. The van der Waals surface area contributed by atoms with Crippen molar-refractivity contribution in [1.29, 1.82) is 0 Å². The predicted octanol–water partition coefficient (Wildman–Crippen LogP) is 4.24. The quantitative estimate of drug-likeness (QED) is 0.887. The molecule has 0 aliphatic carbocycles. The molecule has 0 fully saturated rings. The van der Waals surface area contributed by atoms with E-state index in [1.165, 1.54) is 18.2 Å². The maximum atomic E-state index is 14.0. The zero-order valence-corrected chi connectivity index (χ0v) is 11.4. The highest BCUT2D eigenvalue weighted by molar-refractivity contribution is 6.31. The molecule has 0 amide bonds. The van der Waals surface area contributed by atoms with Crippen molar-refractivity contribution in [2.24, 2.45) is 0 Å². The van der Waals surface area contributed by atoms with Gasteiger partial charge < -0.3 is 5.32 Å². The standard InChI is InChI=1S/C15H14ClF2N/c1-9-8-10(17)6-7-11(9)15(19-2)14-12(16)4-3-5-13(14)18/h3-8,15,19H,1-2H3. The van der Waals surface area contributed by atoms with Crippen LogP contribution in [0, 0.1) is 18.6 Å². The van der Waals surface area contributed by atoms with E-state index in [2.05, 4.69) is 5.32 Å². The summed E-state index contributed by atoms with van der Waals surface area (Å²) in [6.07, 6.45) is 0. The lowest BCUT2D eigenvalue weighted by atomic mass is 9.94. The number of rotatable bonds is 3. The molecule has 1 atom stereocenters. The SMILES string of the molecule is CNC(c1ccc(F)cc1C)c1c(F)cccc1Cl. The molecule has 100 valence electrons. The molecule has 1 nitrogen and oxygen atoms in total. The zero-order chi connectivity index (χ0) is 14.0. The van der Waals surface area contributed by atoms with Gasteiger partial charge in [-0.05, 0) is 49.4 Å². The Morgan fingerprint density at radius 3 is 2.47 bits per heavy atom. The molecule has 0 radical (unpaired) electrons. The van der Waals surface area contributed by atoms with E-state index in [1.807, 2.05) is 0 Å². The fourth-order valence-corrected chi connectivity index (χ4v) is 2.48. The Balaban J connectivity index is 2.56. The van der Waals surface area contributed by atoms with Crippen LogP contribution in [0.25, 0.3) is 0 Å². The molecule has 2 aromatic rings. The maximum absolute atomic E-state index is 14.0. The summed E-state index contributed by atoms with van der Waals surface area (Å²) in [7, 11) is 1.72. The molecule has 4 heteroatoms. The van der Waals surface area contributed by atoms with E-state index in [4.69, 9.17) is 11.6 Å². The van der Waals surface area contributed by atoms with Crippen LogP contribution in [-0.2, 0) is 0 Å². The molecule has 0 aromatic heterocycles. The van der Waals surface area contributed by atoms with Crippen molar-refractivity contribution in [2.75, 3.05) is 7.05 Å². The van der Waals surface area contributed by atoms with Crippen LogP contribution in [0.4, 0.5) is 8.78 Å². The summed E-state index contributed by atoms with van der Waals surface area (Å²) in [6, 6.07) is 8.60. The van der Waals surface area contributed by atoms with Crippen molar-refractivity contribution in [1.82, 2.24) is 5.32 Å². The highest BCUT2D eigenvalue weighted by Gasteiger charge is 2.20. The van der Waals surface area contributed by atoms with E-state index in [0.29, 0.717) is 10.6 Å². The highest BCUT2D eigenvalue weighted by Crippen LogP contribution is 2.32. The first kappa shape index (κ1) is 14.0. The van der Waals surface area contributed by atoms with Gasteiger partial charge in [-0.1, -0.05) is 23.7 Å². The zero-order valence-electron chi connectivity index (χ0n) is 10.7. The molecule has 0 aliphatic rings. The van der Waals surface area contributed by atoms with E-state index >= 15 is 0 Å². The lowest BCUT2D eigenvalue weighted by molar-refractivity contribution is 0.573. The molecule has 0 saturated carbocycles. The molecule has 2 aromatic carbocycles. The van der Waals surface area contributed by atoms with Crippen LogP contribution in [0.15, 0.2) is 36.4 Å². The summed E-state index contributed by atoms with van der Waals surface area (Å²) in [5, 5.41) is 3.38. The first-order chi connectivity index (χ1) is 9.04. The van der Waals surface area contributed by atoms with Crippen LogP contribution in [0.2, 0.25) is 5.02 Å². The second-order valence-electron chi connectivity index (χ2n) is 4.36. The molecule has 0 saturated heterocycles. The van der Waals surface area contributed by atoms with Crippen LogP contribution in [0.5, 0.6) is 0 Å². The van der Waals surface area contributed by atoms with Gasteiger partial charge in [0.2, 0.25) is 0 Å². The Labute approximate surface area is 116 Å². The molecule has 19 heavy (non-hydrogen) atoms. The van der Waals surface area contributed by atoms with Crippen LogP contribution >= 0.6 is 11.6 Å². The van der Waals surface area contributed by atoms with Gasteiger partial charge in [0.05, 0.1) is 6.04 Å². The summed E-state index contributed by atoms with van der Waals surface area (Å²) >= 11 is 6.08. The van der Waals surface area contributed by atoms with Gasteiger partial charge in [-0.2, -0.15) is 0 Å². The minimum absolute atomic E-state index is 0.310. The monoisotopic (exact) mass is 281 g/mol. The molecule has 1 N–H and O–H groups in total. The van der Waals surface area contributed by atoms with Gasteiger partial charge in [0.15, 0.2) is 0 Å². The lowest BCUT2D eigenvalue weighted by Gasteiger charge is -2.21. The fraction of sp³-hybridized carbons (Fsp3) is 0.200. The number of aryl methyl sites for hydroxylation is 1. The number of nitrogens with one attached hydrogen (secondary N) is 1. The van der Waals surface area contributed by atoms with Crippen molar-refractivity contribution in [3.05, 3.63) is 69.7 Å². The van der Waals surface area contributed by atoms with Gasteiger partial charge in [0, 0.05) is 10.6 Å². The molecule has 0 aliphatic heterocycles. The average Bonchev–Trinajstić information content (AvgIpc) is 2.35. The van der Waals surface area contributed by atoms with Gasteiger partial charge in [-0.25, -0.2) is 8.78 Å². The third kappa shape index (κ3) is 2.77. The van der Waals surface area contributed by atoms with Crippen LogP contribution < -0.4 is 5.32 Å². The van der Waals surface area contributed by atoms with Crippen molar-refractivity contribution in [3.63, 3.8) is 0 Å². The Hall–Kier alpha value is -1.45. The topological polar surface area (TPSA) is 12.0 Å². The van der Waals surface area contributed by atoms with E-state index in [-0.39, 0.29) is 11.6 Å². The van der Waals surface area contributed by atoms with Gasteiger partial charge in [-0.15, -0.1) is 0 Å². The van der Waals surface area contributed by atoms with Crippen molar-refractivity contribution >= 4 is 11.6 Å². The summed E-state index contributed by atoms with van der Waals surface area (Å²) in [5.74, 6) is -0.689. The molecule has 0 heterocycles. The van der Waals surface area contributed by atoms with Crippen LogP contribution in [-0.4, -0.2) is 7.05 Å². The van der Waals surface area contributed by atoms with Crippen LogP contribution in [0.1, 0.15) is 22.7 Å². The van der Waals surface area contributed by atoms with Gasteiger partial charge in [0.25, 0.3) is 0 Å². The molecular weight excluding hydrogens is 268 g/mol. The van der Waals surface area contributed by atoms with E-state index in [1.54, 1.807) is 32.2 Å². The van der Waals surface area contributed by atoms with E-state index in [9.17, 15) is 8.78 Å². The largest absolute Gasteiger partial charge is 0.309 e. The summed E-state index contributed by atoms with van der Waals surface area (Å²) in [4.78, 5) is 0. The molecule has 0 spiro atoms. The third-order valence-electron chi connectivity index (χ3n) is 3.12. The fourth-order valence-electron chi connectivity index (χ4n) is 2.20. The molecule has 1 unspecified atom stereocenters. The van der Waals surface area contributed by atoms with Crippen LogP contribution in [0.3, 0.4) is 0 Å². The number of hydrogen-bond donors (Lipinski definition) is 1. The third-order valence-corrected chi connectivity index (χ3v) is 3.45. The normalized spacial score (nSPS) is 12.5. The number of halogens is 3. The van der Waals surface area contributed by atoms with Crippen molar-refractivity contribution < 1.29 is 8.78 Å². The molecular formula is C15H14ClF2N. The minimum atomic E-state index is -0.408. The first-order valence-corrected chi connectivity index (χ1v) is 6.29. The summed E-state index contributed by atoms with van der Waals surface area (Å²) in [5.41, 5.74) is 1.93. The van der Waals surface area contributed by atoms with E-state index < -0.39 is 6.04 Å². The Kier molecular flexibility index (Phi) is 4.17. The highest BCUT2D eigenvalue weighted by atomic mass is 35.5. The maximum Gasteiger partial charge on any atom is 0.129 e. The Morgan fingerprint density at radius 2 is 1.89 bits per heavy atom. The van der Waals surface area contributed by atoms with E-state index in [0.717, 1.165) is 11.1 Å². The van der Waals surface area contributed by atoms with Gasteiger partial charge in [-0.3, -0.25) is 0 Å². The minimum Gasteiger partial charge on any atom is -0.309 e. The summed E-state index contributed by atoms with van der Waals surface area (Å²) in [6.45, 7) is 1.79.